The first-order chi connectivity index (χ1) is 10.5. The molecule has 22 heavy (non-hydrogen) atoms. The molecule has 0 unspecified atom stereocenters. The van der Waals surface area contributed by atoms with Crippen molar-refractivity contribution < 1.29 is 0 Å². The highest BCUT2D eigenvalue weighted by Crippen LogP contribution is 2.52. The topological polar surface area (TPSA) is 63.2 Å². The Bertz CT molecular complexity index is 717. The Hall–Kier alpha value is -1.02. The van der Waals surface area contributed by atoms with E-state index in [9.17, 15) is 0 Å². The van der Waals surface area contributed by atoms with Gasteiger partial charge in [-0.25, -0.2) is 14.3 Å². The Morgan fingerprint density at radius 2 is 2.14 bits per heavy atom. The Morgan fingerprint density at radius 3 is 2.82 bits per heavy atom. The van der Waals surface area contributed by atoms with E-state index in [1.807, 2.05) is 17.8 Å². The molecule has 1 aliphatic heterocycles. The summed E-state index contributed by atoms with van der Waals surface area (Å²) in [6.07, 6.45) is 5.93. The summed E-state index contributed by atoms with van der Waals surface area (Å²) in [5.74, 6) is 0.995. The van der Waals surface area contributed by atoms with E-state index < -0.39 is 0 Å². The van der Waals surface area contributed by atoms with Crippen molar-refractivity contribution in [2.24, 2.45) is 17.6 Å². The van der Waals surface area contributed by atoms with E-state index in [1.165, 1.54) is 25.0 Å². The van der Waals surface area contributed by atoms with Crippen LogP contribution in [-0.2, 0) is 7.05 Å². The van der Waals surface area contributed by atoms with E-state index in [0.29, 0.717) is 16.5 Å². The van der Waals surface area contributed by atoms with Crippen LogP contribution in [0.5, 0.6) is 0 Å². The number of aryl methyl sites for hydroxylation is 1. The summed E-state index contributed by atoms with van der Waals surface area (Å²) in [7, 11) is 4.06. The molecule has 1 spiro atoms. The Kier molecular flexibility index (Phi) is 3.30. The third-order valence-corrected chi connectivity index (χ3v) is 5.97. The molecule has 118 valence electrons. The summed E-state index contributed by atoms with van der Waals surface area (Å²) in [6, 6.07) is 0.604. The molecular weight excluding hydrogens is 320 g/mol. The molecule has 2 aromatic heterocycles. The summed E-state index contributed by atoms with van der Waals surface area (Å²) in [4.78, 5) is 11.1. The number of halogens is 1. The lowest BCUT2D eigenvalue weighted by Crippen LogP contribution is -2.66. The highest BCUT2D eigenvalue weighted by molar-refractivity contribution is 7.94. The molecule has 2 aromatic rings. The Morgan fingerprint density at radius 1 is 1.41 bits per heavy atom. The smallest absolute Gasteiger partial charge is 0.156 e. The molecule has 0 radical (unpaired) electrons. The molecule has 1 aliphatic carbocycles. The van der Waals surface area contributed by atoms with Crippen molar-refractivity contribution in [3.63, 3.8) is 0 Å². The van der Waals surface area contributed by atoms with Crippen LogP contribution in [0.15, 0.2) is 12.5 Å². The maximum atomic E-state index is 6.23. The number of rotatable bonds is 3. The van der Waals surface area contributed by atoms with Gasteiger partial charge < -0.3 is 9.47 Å². The van der Waals surface area contributed by atoms with Crippen LogP contribution >= 0.6 is 23.7 Å². The molecule has 0 atom stereocenters. The van der Waals surface area contributed by atoms with Crippen LogP contribution in [0.4, 0.5) is 5.82 Å². The van der Waals surface area contributed by atoms with Gasteiger partial charge in [-0.1, -0.05) is 11.6 Å². The van der Waals surface area contributed by atoms with Crippen molar-refractivity contribution in [2.45, 2.75) is 18.9 Å². The fourth-order valence-corrected chi connectivity index (χ4v) is 4.46. The molecule has 0 aromatic carbocycles. The van der Waals surface area contributed by atoms with Gasteiger partial charge in [-0.05, 0) is 19.9 Å². The van der Waals surface area contributed by atoms with E-state index in [4.69, 9.17) is 16.7 Å². The minimum Gasteiger partial charge on any atom is -0.354 e. The molecule has 8 heteroatoms. The third kappa shape index (κ3) is 2.03. The monoisotopic (exact) mass is 338 g/mol. The van der Waals surface area contributed by atoms with Crippen molar-refractivity contribution in [1.29, 1.82) is 0 Å². The zero-order valence-corrected chi connectivity index (χ0v) is 14.2. The normalized spacial score (nSPS) is 20.7. The van der Waals surface area contributed by atoms with Gasteiger partial charge in [0.05, 0.1) is 5.02 Å². The minimum absolute atomic E-state index is 0.445. The summed E-state index contributed by atoms with van der Waals surface area (Å²) < 4.78 is 4.17. The van der Waals surface area contributed by atoms with Crippen molar-refractivity contribution in [2.75, 3.05) is 25.0 Å². The van der Waals surface area contributed by atoms with E-state index in [2.05, 4.69) is 26.2 Å². The largest absolute Gasteiger partial charge is 0.354 e. The molecule has 2 aliphatic rings. The predicted octanol–water partition coefficient (Wildman–Crippen LogP) is 2.04. The second kappa shape index (κ2) is 4.99. The quantitative estimate of drug-likeness (QED) is 0.864. The number of aromatic nitrogens is 3. The molecule has 3 heterocycles. The molecule has 0 amide bonds. The van der Waals surface area contributed by atoms with Gasteiger partial charge in [0.15, 0.2) is 5.82 Å². The van der Waals surface area contributed by atoms with Crippen LogP contribution in [-0.4, -0.2) is 45.0 Å². The number of fused-ring (bicyclic) bond motifs is 1. The van der Waals surface area contributed by atoms with Crippen LogP contribution < -0.4 is 10.0 Å². The highest BCUT2D eigenvalue weighted by atomic mass is 35.5. The molecule has 0 bridgehead atoms. The van der Waals surface area contributed by atoms with Gasteiger partial charge in [0.1, 0.15) is 17.4 Å². The van der Waals surface area contributed by atoms with E-state index in [0.717, 1.165) is 29.9 Å². The fourth-order valence-electron chi connectivity index (χ4n) is 3.85. The third-order valence-electron chi connectivity index (χ3n) is 5.06. The second-order valence-electron chi connectivity index (χ2n) is 6.55. The maximum Gasteiger partial charge on any atom is 0.156 e. The van der Waals surface area contributed by atoms with E-state index >= 15 is 0 Å². The van der Waals surface area contributed by atoms with Gasteiger partial charge in [0.25, 0.3) is 0 Å². The fraction of sp³-hybridized carbons (Fsp3) is 0.571. The van der Waals surface area contributed by atoms with Crippen LogP contribution in [0, 0.1) is 5.41 Å². The zero-order chi connectivity index (χ0) is 15.5. The lowest BCUT2D eigenvalue weighted by atomic mass is 9.60. The molecule has 2 N–H and O–H groups in total. The molecule has 2 fully saturated rings. The van der Waals surface area contributed by atoms with Crippen LogP contribution in [0.25, 0.3) is 11.0 Å². The number of hydrogen-bond donors (Lipinski definition) is 1. The number of nitrogens with two attached hydrogens (primary N) is 1. The Labute approximate surface area is 138 Å². The number of nitrogens with zero attached hydrogens (tertiary/aromatic N) is 5. The number of hydrogen-bond acceptors (Lipinski definition) is 6. The van der Waals surface area contributed by atoms with Gasteiger partial charge in [0.2, 0.25) is 0 Å². The highest BCUT2D eigenvalue weighted by Gasteiger charge is 2.54. The van der Waals surface area contributed by atoms with Gasteiger partial charge in [-0.15, -0.1) is 0 Å². The van der Waals surface area contributed by atoms with Gasteiger partial charge in [-0.3, -0.25) is 5.14 Å². The van der Waals surface area contributed by atoms with Crippen molar-refractivity contribution >= 4 is 40.6 Å². The average Bonchev–Trinajstić information content (AvgIpc) is 2.71. The zero-order valence-electron chi connectivity index (χ0n) is 12.7. The first-order valence-electron chi connectivity index (χ1n) is 7.33. The number of anilines is 1. The second-order valence-corrected chi connectivity index (χ2v) is 7.75. The Balaban J connectivity index is 1.53. The van der Waals surface area contributed by atoms with Crippen molar-refractivity contribution in [3.8, 4) is 0 Å². The molecule has 6 nitrogen and oxygen atoms in total. The maximum absolute atomic E-state index is 6.23. The lowest BCUT2D eigenvalue weighted by molar-refractivity contribution is 0.0240. The standard InChI is InChI=1S/C14H19ClN6S/c1-19-5-10(15)11-12(19)13(18-8-17-11)21-6-14(7-21)3-9(4-14)20(2)22-16/h5,8-9H,3-4,6-7,16H2,1-2H3. The van der Waals surface area contributed by atoms with E-state index in [1.54, 1.807) is 6.33 Å². The minimum atomic E-state index is 0.445. The first-order valence-corrected chi connectivity index (χ1v) is 8.55. The van der Waals surface area contributed by atoms with Crippen molar-refractivity contribution in [1.82, 2.24) is 18.8 Å². The van der Waals surface area contributed by atoms with E-state index in [-0.39, 0.29) is 0 Å². The summed E-state index contributed by atoms with van der Waals surface area (Å²) in [5.41, 5.74) is 2.30. The van der Waals surface area contributed by atoms with Gasteiger partial charge in [-0.2, -0.15) is 0 Å². The average molecular weight is 339 g/mol. The first kappa shape index (κ1) is 14.6. The summed E-state index contributed by atoms with van der Waals surface area (Å²) >= 11 is 7.56. The van der Waals surface area contributed by atoms with Gasteiger partial charge in [0, 0.05) is 49.9 Å². The molecule has 1 saturated heterocycles. The molecule has 4 rings (SSSR count). The molecule has 1 saturated carbocycles. The summed E-state index contributed by atoms with van der Waals surface area (Å²) in [6.45, 7) is 2.11. The van der Waals surface area contributed by atoms with Crippen LogP contribution in [0.2, 0.25) is 5.02 Å². The van der Waals surface area contributed by atoms with Crippen LogP contribution in [0.3, 0.4) is 0 Å². The van der Waals surface area contributed by atoms with Crippen molar-refractivity contribution in [3.05, 3.63) is 17.5 Å². The predicted molar refractivity (Wildman–Crippen MR) is 90.7 cm³/mol. The van der Waals surface area contributed by atoms with Crippen LogP contribution in [0.1, 0.15) is 12.8 Å². The summed E-state index contributed by atoms with van der Waals surface area (Å²) in [5, 5.41) is 6.31. The molecular formula is C14H19ClN6S. The lowest BCUT2D eigenvalue weighted by Gasteiger charge is -2.60. The SMILES string of the molecule is CN(SN)C1CC2(C1)CN(c1ncnc3c(Cl)cn(C)c13)C2. The van der Waals surface area contributed by atoms with Gasteiger partial charge >= 0.3 is 0 Å².